The number of nitrogen functional groups attached to an aromatic ring is 1. The number of nitrogens with zero attached hydrogens (tertiary/aromatic N) is 3. The third-order valence-electron chi connectivity index (χ3n) is 3.61. The molecule has 20 heavy (non-hydrogen) atoms. The highest BCUT2D eigenvalue weighted by Gasteiger charge is 2.18. The Morgan fingerprint density at radius 2 is 1.55 bits per heavy atom. The number of pyridine rings is 1. The van der Waals surface area contributed by atoms with E-state index in [1.165, 1.54) is 5.69 Å². The van der Waals surface area contributed by atoms with Crippen molar-refractivity contribution in [3.8, 4) is 0 Å². The molecule has 3 rings (SSSR count). The molecule has 0 radical (unpaired) electrons. The van der Waals surface area contributed by atoms with E-state index in [1.807, 2.05) is 18.2 Å². The Hall–Kier alpha value is -2.27. The van der Waals surface area contributed by atoms with Gasteiger partial charge in [0.05, 0.1) is 0 Å². The summed E-state index contributed by atoms with van der Waals surface area (Å²) in [5, 5.41) is 0. The van der Waals surface area contributed by atoms with Gasteiger partial charge in [0.25, 0.3) is 0 Å². The van der Waals surface area contributed by atoms with Gasteiger partial charge in [0.1, 0.15) is 11.6 Å². The van der Waals surface area contributed by atoms with E-state index in [9.17, 15) is 0 Å². The number of hydrogen-bond donors (Lipinski definition) is 2. The van der Waals surface area contributed by atoms with Crippen LogP contribution in [0.4, 0.5) is 17.3 Å². The number of para-hydroxylation sites is 1. The van der Waals surface area contributed by atoms with Crippen molar-refractivity contribution in [1.29, 1.82) is 0 Å². The second-order valence-corrected chi connectivity index (χ2v) is 4.84. The van der Waals surface area contributed by atoms with Crippen molar-refractivity contribution in [3.63, 3.8) is 0 Å². The number of hydrazine groups is 1. The van der Waals surface area contributed by atoms with E-state index in [2.05, 4.69) is 50.5 Å². The molecule has 0 atom stereocenters. The third kappa shape index (κ3) is 2.67. The quantitative estimate of drug-likeness (QED) is 0.656. The maximum absolute atomic E-state index is 5.41. The fraction of sp³-hybridized carbons (Fsp3) is 0.267. The lowest BCUT2D eigenvalue weighted by molar-refractivity contribution is 0.648. The van der Waals surface area contributed by atoms with Crippen LogP contribution in [0.2, 0.25) is 0 Å². The molecule has 1 aliphatic heterocycles. The van der Waals surface area contributed by atoms with E-state index >= 15 is 0 Å². The molecule has 1 aromatic heterocycles. The normalized spacial score (nSPS) is 15.2. The summed E-state index contributed by atoms with van der Waals surface area (Å²) in [7, 11) is 0. The molecule has 1 aliphatic rings. The zero-order chi connectivity index (χ0) is 13.8. The Balaban J connectivity index is 1.66. The van der Waals surface area contributed by atoms with Crippen molar-refractivity contribution in [1.82, 2.24) is 4.98 Å². The van der Waals surface area contributed by atoms with Gasteiger partial charge in [-0.2, -0.15) is 0 Å². The molecule has 104 valence electrons. The maximum Gasteiger partial charge on any atom is 0.142 e. The molecular formula is C15H19N5. The Kier molecular flexibility index (Phi) is 3.69. The number of nitrogens with two attached hydrogens (primary N) is 1. The third-order valence-corrected chi connectivity index (χ3v) is 3.61. The first-order valence-electron chi connectivity index (χ1n) is 6.85. The number of rotatable bonds is 3. The van der Waals surface area contributed by atoms with Crippen LogP contribution < -0.4 is 21.1 Å². The highest BCUT2D eigenvalue weighted by Crippen LogP contribution is 2.19. The van der Waals surface area contributed by atoms with Gasteiger partial charge in [0.2, 0.25) is 0 Å². The van der Waals surface area contributed by atoms with Gasteiger partial charge in [-0.25, -0.2) is 10.8 Å². The number of piperazine rings is 1. The molecule has 0 amide bonds. The van der Waals surface area contributed by atoms with E-state index < -0.39 is 0 Å². The fourth-order valence-corrected chi connectivity index (χ4v) is 2.51. The Bertz CT molecular complexity index is 549. The summed E-state index contributed by atoms with van der Waals surface area (Å²) in [6.07, 6.45) is 0. The van der Waals surface area contributed by atoms with Gasteiger partial charge < -0.3 is 15.2 Å². The highest BCUT2D eigenvalue weighted by atomic mass is 15.3. The molecule has 1 fully saturated rings. The number of nitrogens with one attached hydrogen (secondary N) is 1. The molecule has 0 unspecified atom stereocenters. The largest absolute Gasteiger partial charge is 0.368 e. The average molecular weight is 269 g/mol. The molecule has 1 aromatic carbocycles. The molecule has 1 saturated heterocycles. The first kappa shape index (κ1) is 12.7. The lowest BCUT2D eigenvalue weighted by Gasteiger charge is -2.36. The van der Waals surface area contributed by atoms with E-state index in [0.717, 1.165) is 32.0 Å². The van der Waals surface area contributed by atoms with Crippen molar-refractivity contribution in [3.05, 3.63) is 48.5 Å². The summed E-state index contributed by atoms with van der Waals surface area (Å²) in [4.78, 5) is 9.18. The lowest BCUT2D eigenvalue weighted by Crippen LogP contribution is -2.46. The second-order valence-electron chi connectivity index (χ2n) is 4.84. The van der Waals surface area contributed by atoms with Crippen molar-refractivity contribution < 1.29 is 0 Å². The van der Waals surface area contributed by atoms with Crippen LogP contribution in [-0.2, 0) is 0 Å². The monoisotopic (exact) mass is 269 g/mol. The average Bonchev–Trinajstić information content (AvgIpc) is 2.56. The summed E-state index contributed by atoms with van der Waals surface area (Å²) in [6.45, 7) is 3.95. The van der Waals surface area contributed by atoms with Gasteiger partial charge in [0, 0.05) is 31.9 Å². The predicted molar refractivity (Wildman–Crippen MR) is 82.9 cm³/mol. The molecule has 0 saturated carbocycles. The van der Waals surface area contributed by atoms with Crippen LogP contribution >= 0.6 is 0 Å². The van der Waals surface area contributed by atoms with Gasteiger partial charge in [-0.1, -0.05) is 24.3 Å². The van der Waals surface area contributed by atoms with Gasteiger partial charge >= 0.3 is 0 Å². The van der Waals surface area contributed by atoms with Gasteiger partial charge in [-0.15, -0.1) is 0 Å². The van der Waals surface area contributed by atoms with Crippen LogP contribution in [0.3, 0.4) is 0 Å². The van der Waals surface area contributed by atoms with Crippen molar-refractivity contribution in [2.24, 2.45) is 5.84 Å². The van der Waals surface area contributed by atoms with Crippen LogP contribution in [0, 0.1) is 0 Å². The summed E-state index contributed by atoms with van der Waals surface area (Å²) in [5.74, 6) is 7.09. The molecule has 0 bridgehead atoms. The molecular weight excluding hydrogens is 250 g/mol. The molecule has 2 aromatic rings. The second kappa shape index (κ2) is 5.79. The maximum atomic E-state index is 5.41. The summed E-state index contributed by atoms with van der Waals surface area (Å²) < 4.78 is 0. The van der Waals surface area contributed by atoms with Gasteiger partial charge in [-0.3, -0.25) is 0 Å². The Morgan fingerprint density at radius 1 is 0.850 bits per heavy atom. The number of aromatic nitrogens is 1. The minimum atomic E-state index is 0.702. The number of hydrogen-bond acceptors (Lipinski definition) is 5. The van der Waals surface area contributed by atoms with Crippen LogP contribution in [0.5, 0.6) is 0 Å². The molecule has 5 heteroatoms. The van der Waals surface area contributed by atoms with Crippen molar-refractivity contribution >= 4 is 17.3 Å². The van der Waals surface area contributed by atoms with Crippen LogP contribution in [0.1, 0.15) is 0 Å². The van der Waals surface area contributed by atoms with E-state index in [-0.39, 0.29) is 0 Å². The summed E-state index contributed by atoms with van der Waals surface area (Å²) >= 11 is 0. The van der Waals surface area contributed by atoms with E-state index in [4.69, 9.17) is 5.84 Å². The van der Waals surface area contributed by atoms with Gasteiger partial charge in [-0.05, 0) is 24.3 Å². The first-order valence-corrected chi connectivity index (χ1v) is 6.85. The number of anilines is 3. The summed E-state index contributed by atoms with van der Waals surface area (Å²) in [6, 6.07) is 16.4. The predicted octanol–water partition coefficient (Wildman–Crippen LogP) is 1.69. The van der Waals surface area contributed by atoms with Crippen LogP contribution in [-0.4, -0.2) is 31.2 Å². The first-order chi connectivity index (χ1) is 9.86. The SMILES string of the molecule is NNc1cccc(N2CCN(c3ccccc3)CC2)n1. The minimum absolute atomic E-state index is 0.702. The fourth-order valence-electron chi connectivity index (χ4n) is 2.51. The zero-order valence-corrected chi connectivity index (χ0v) is 11.4. The molecule has 5 nitrogen and oxygen atoms in total. The molecule has 0 spiro atoms. The smallest absolute Gasteiger partial charge is 0.142 e. The minimum Gasteiger partial charge on any atom is -0.368 e. The molecule has 0 aliphatic carbocycles. The van der Waals surface area contributed by atoms with Gasteiger partial charge in [0.15, 0.2) is 0 Å². The standard InChI is InChI=1S/C15H19N5/c16-18-14-7-4-8-15(17-14)20-11-9-19(10-12-20)13-5-2-1-3-6-13/h1-8H,9-12,16H2,(H,17,18). The summed E-state index contributed by atoms with van der Waals surface area (Å²) in [5.41, 5.74) is 3.88. The van der Waals surface area contributed by atoms with E-state index in [0.29, 0.717) is 5.82 Å². The highest BCUT2D eigenvalue weighted by molar-refractivity contribution is 5.51. The van der Waals surface area contributed by atoms with E-state index in [1.54, 1.807) is 0 Å². The topological polar surface area (TPSA) is 57.4 Å². The zero-order valence-electron chi connectivity index (χ0n) is 11.4. The van der Waals surface area contributed by atoms with Crippen LogP contribution in [0.25, 0.3) is 0 Å². The lowest BCUT2D eigenvalue weighted by atomic mass is 10.2. The Labute approximate surface area is 119 Å². The molecule has 3 N–H and O–H groups in total. The van der Waals surface area contributed by atoms with Crippen molar-refractivity contribution in [2.75, 3.05) is 41.4 Å². The van der Waals surface area contributed by atoms with Crippen LogP contribution in [0.15, 0.2) is 48.5 Å². The Morgan fingerprint density at radius 3 is 2.25 bits per heavy atom. The number of benzene rings is 1. The molecule has 2 heterocycles. The van der Waals surface area contributed by atoms with Crippen molar-refractivity contribution in [2.45, 2.75) is 0 Å².